The topological polar surface area (TPSA) is 18.5 Å². The van der Waals surface area contributed by atoms with Crippen molar-refractivity contribution in [2.75, 3.05) is 6.61 Å². The van der Waals surface area contributed by atoms with Crippen LogP contribution in [0.25, 0.3) is 0 Å². The first-order chi connectivity index (χ1) is 7.27. The lowest BCUT2D eigenvalue weighted by atomic mass is 9.95. The minimum atomic E-state index is -0.312. The van der Waals surface area contributed by atoms with Crippen molar-refractivity contribution in [2.45, 2.75) is 32.0 Å². The van der Waals surface area contributed by atoms with Crippen LogP contribution in [0.4, 0.5) is 0 Å². The fourth-order valence-corrected chi connectivity index (χ4v) is 2.57. The first kappa shape index (κ1) is 9.22. The number of hydrogen-bond acceptors (Lipinski definition) is 2. The summed E-state index contributed by atoms with van der Waals surface area (Å²) in [4.78, 5) is 0. The van der Waals surface area contributed by atoms with E-state index in [1.807, 2.05) is 12.1 Å². The van der Waals surface area contributed by atoms with Crippen molar-refractivity contribution in [1.82, 2.24) is 0 Å². The van der Waals surface area contributed by atoms with E-state index in [-0.39, 0.29) is 5.79 Å². The van der Waals surface area contributed by atoms with Crippen molar-refractivity contribution in [3.63, 3.8) is 0 Å². The monoisotopic (exact) mass is 204 g/mol. The van der Waals surface area contributed by atoms with Crippen LogP contribution in [-0.4, -0.2) is 12.4 Å². The molecule has 0 saturated carbocycles. The molecule has 0 bridgehead atoms. The van der Waals surface area contributed by atoms with Crippen molar-refractivity contribution in [2.24, 2.45) is 5.92 Å². The molecule has 1 spiro atoms. The highest BCUT2D eigenvalue weighted by Crippen LogP contribution is 2.41. The molecule has 0 aromatic heterocycles. The van der Waals surface area contributed by atoms with Crippen LogP contribution >= 0.6 is 0 Å². The molecule has 80 valence electrons. The van der Waals surface area contributed by atoms with Gasteiger partial charge in [-0.1, -0.05) is 25.1 Å². The van der Waals surface area contributed by atoms with Gasteiger partial charge in [0.2, 0.25) is 5.79 Å². The minimum Gasteiger partial charge on any atom is -0.462 e. The average Bonchev–Trinajstić information content (AvgIpc) is 2.60. The molecule has 0 unspecified atom stereocenters. The van der Waals surface area contributed by atoms with Gasteiger partial charge in [-0.15, -0.1) is 0 Å². The summed E-state index contributed by atoms with van der Waals surface area (Å²) in [5.41, 5.74) is 1.31. The minimum absolute atomic E-state index is 0.312. The number of hydrogen-bond donors (Lipinski definition) is 0. The van der Waals surface area contributed by atoms with Crippen molar-refractivity contribution in [3.8, 4) is 5.75 Å². The Morgan fingerprint density at radius 3 is 3.00 bits per heavy atom. The number of aryl methyl sites for hydroxylation is 1. The maximum atomic E-state index is 6.03. The predicted octanol–water partition coefficient (Wildman–Crippen LogP) is 2.76. The van der Waals surface area contributed by atoms with E-state index < -0.39 is 0 Å². The Hall–Kier alpha value is -1.02. The lowest BCUT2D eigenvalue weighted by molar-refractivity contribution is -0.160. The number of rotatable bonds is 0. The molecule has 1 fully saturated rings. The molecule has 0 N–H and O–H groups in total. The lowest BCUT2D eigenvalue weighted by Crippen LogP contribution is -2.38. The Balaban J connectivity index is 1.89. The van der Waals surface area contributed by atoms with Gasteiger partial charge in [-0.3, -0.25) is 0 Å². The quantitative estimate of drug-likeness (QED) is 0.647. The zero-order valence-electron chi connectivity index (χ0n) is 9.03. The molecule has 15 heavy (non-hydrogen) atoms. The fourth-order valence-electron chi connectivity index (χ4n) is 2.57. The van der Waals surface area contributed by atoms with E-state index in [0.29, 0.717) is 5.92 Å². The summed E-state index contributed by atoms with van der Waals surface area (Å²) in [6, 6.07) is 8.28. The molecule has 2 nitrogen and oxygen atoms in total. The third-order valence-corrected chi connectivity index (χ3v) is 3.33. The van der Waals surface area contributed by atoms with E-state index in [4.69, 9.17) is 9.47 Å². The van der Waals surface area contributed by atoms with Gasteiger partial charge in [0.05, 0.1) is 6.61 Å². The SMILES string of the molecule is C[C@H]1CO[C@@]2(CCc3ccccc3O2)C1. The summed E-state index contributed by atoms with van der Waals surface area (Å²) >= 11 is 0. The standard InChI is InChI=1S/C13H16O2/c1-10-8-13(14-9-10)7-6-11-4-2-3-5-12(11)15-13/h2-5,10H,6-9H2,1H3/t10-,13-/m1/s1. The Labute approximate surface area is 90.2 Å². The highest BCUT2D eigenvalue weighted by atomic mass is 16.7. The van der Waals surface area contributed by atoms with Gasteiger partial charge in [-0.2, -0.15) is 0 Å². The molecule has 2 heterocycles. The van der Waals surface area contributed by atoms with Gasteiger partial charge in [0.15, 0.2) is 0 Å². The van der Waals surface area contributed by atoms with Gasteiger partial charge in [0.1, 0.15) is 5.75 Å². The maximum absolute atomic E-state index is 6.03. The fraction of sp³-hybridized carbons (Fsp3) is 0.538. The predicted molar refractivity (Wildman–Crippen MR) is 57.9 cm³/mol. The zero-order valence-corrected chi connectivity index (χ0v) is 9.03. The number of para-hydroxylation sites is 1. The van der Waals surface area contributed by atoms with E-state index in [1.165, 1.54) is 5.56 Å². The number of fused-ring (bicyclic) bond motifs is 1. The van der Waals surface area contributed by atoms with Crippen molar-refractivity contribution in [3.05, 3.63) is 29.8 Å². The zero-order chi connectivity index (χ0) is 10.3. The smallest absolute Gasteiger partial charge is 0.211 e. The normalized spacial score (nSPS) is 33.8. The molecular weight excluding hydrogens is 188 g/mol. The van der Waals surface area contributed by atoms with Crippen molar-refractivity contribution in [1.29, 1.82) is 0 Å². The molecule has 2 atom stereocenters. The van der Waals surface area contributed by atoms with Gasteiger partial charge in [-0.05, 0) is 24.0 Å². The van der Waals surface area contributed by atoms with Crippen LogP contribution in [0.15, 0.2) is 24.3 Å². The first-order valence-corrected chi connectivity index (χ1v) is 5.68. The summed E-state index contributed by atoms with van der Waals surface area (Å²) in [5.74, 6) is 1.32. The first-order valence-electron chi connectivity index (χ1n) is 5.68. The molecule has 3 rings (SSSR count). The molecule has 2 aliphatic heterocycles. The molecule has 2 heteroatoms. The summed E-state index contributed by atoms with van der Waals surface area (Å²) in [6.07, 6.45) is 3.10. The van der Waals surface area contributed by atoms with Crippen LogP contribution in [0.1, 0.15) is 25.3 Å². The third-order valence-electron chi connectivity index (χ3n) is 3.33. The van der Waals surface area contributed by atoms with Gasteiger partial charge in [0, 0.05) is 12.8 Å². The lowest BCUT2D eigenvalue weighted by Gasteiger charge is -2.34. The van der Waals surface area contributed by atoms with Crippen LogP contribution in [0.3, 0.4) is 0 Å². The third kappa shape index (κ3) is 1.53. The summed E-state index contributed by atoms with van der Waals surface area (Å²) in [5, 5.41) is 0. The highest BCUT2D eigenvalue weighted by Gasteiger charge is 2.43. The molecular formula is C13H16O2. The second-order valence-corrected chi connectivity index (χ2v) is 4.74. The Morgan fingerprint density at radius 1 is 1.33 bits per heavy atom. The molecule has 2 aliphatic rings. The van der Waals surface area contributed by atoms with Gasteiger partial charge >= 0.3 is 0 Å². The van der Waals surface area contributed by atoms with E-state index in [9.17, 15) is 0 Å². The van der Waals surface area contributed by atoms with Gasteiger partial charge < -0.3 is 9.47 Å². The number of benzene rings is 1. The van der Waals surface area contributed by atoms with Crippen LogP contribution in [0.5, 0.6) is 5.75 Å². The molecule has 0 radical (unpaired) electrons. The number of ether oxygens (including phenoxy) is 2. The molecule has 1 aromatic carbocycles. The average molecular weight is 204 g/mol. The van der Waals surface area contributed by atoms with E-state index in [2.05, 4.69) is 19.1 Å². The largest absolute Gasteiger partial charge is 0.462 e. The van der Waals surface area contributed by atoms with E-state index in [0.717, 1.165) is 31.6 Å². The molecule has 0 aliphatic carbocycles. The van der Waals surface area contributed by atoms with Crippen molar-refractivity contribution < 1.29 is 9.47 Å². The van der Waals surface area contributed by atoms with Crippen LogP contribution < -0.4 is 4.74 Å². The van der Waals surface area contributed by atoms with E-state index >= 15 is 0 Å². The second kappa shape index (κ2) is 3.24. The summed E-state index contributed by atoms with van der Waals surface area (Å²) < 4.78 is 11.9. The molecule has 1 aromatic rings. The van der Waals surface area contributed by atoms with Crippen molar-refractivity contribution >= 4 is 0 Å². The molecule has 1 saturated heterocycles. The maximum Gasteiger partial charge on any atom is 0.211 e. The summed E-state index contributed by atoms with van der Waals surface area (Å²) in [6.45, 7) is 3.06. The summed E-state index contributed by atoms with van der Waals surface area (Å²) in [7, 11) is 0. The Morgan fingerprint density at radius 2 is 2.20 bits per heavy atom. The van der Waals surface area contributed by atoms with Crippen LogP contribution in [0, 0.1) is 5.92 Å². The Bertz CT molecular complexity index is 375. The van der Waals surface area contributed by atoms with Gasteiger partial charge in [-0.25, -0.2) is 0 Å². The Kier molecular flexibility index (Phi) is 1.99. The highest BCUT2D eigenvalue weighted by molar-refractivity contribution is 5.35. The van der Waals surface area contributed by atoms with E-state index in [1.54, 1.807) is 0 Å². The molecule has 0 amide bonds. The second-order valence-electron chi connectivity index (χ2n) is 4.74. The van der Waals surface area contributed by atoms with Crippen LogP contribution in [-0.2, 0) is 11.2 Å². The van der Waals surface area contributed by atoms with Gasteiger partial charge in [0.25, 0.3) is 0 Å². The van der Waals surface area contributed by atoms with Crippen LogP contribution in [0.2, 0.25) is 0 Å².